The molecule has 0 aliphatic heterocycles. The third-order valence-corrected chi connectivity index (χ3v) is 1.67. The summed E-state index contributed by atoms with van der Waals surface area (Å²) >= 11 is 0. The van der Waals surface area contributed by atoms with Crippen LogP contribution in [0.5, 0.6) is 0 Å². The average Bonchev–Trinajstić information content (AvgIpc) is 1.62. The van der Waals surface area contributed by atoms with Gasteiger partial charge in [0.05, 0.1) is 5.75 Å². The topological polar surface area (TPSA) is 54.4 Å². The van der Waals surface area contributed by atoms with Crippen molar-refractivity contribution < 1.29 is 13.0 Å². The van der Waals surface area contributed by atoms with Crippen molar-refractivity contribution in [2.75, 3.05) is 5.75 Å². The molecule has 52 valence electrons. The van der Waals surface area contributed by atoms with Gasteiger partial charge < -0.3 is 0 Å². The van der Waals surface area contributed by atoms with Crippen molar-refractivity contribution in [3.8, 4) is 12.3 Å². The first-order chi connectivity index (χ1) is 3.95. The standard InChI is InChI=1S/C5H8O3S/c1-3-5(2)4-9(6,7)8/h1,5H,4H2,2H3,(H,6,7,8). The van der Waals surface area contributed by atoms with Gasteiger partial charge in [-0.05, 0) is 0 Å². The second-order valence-electron chi connectivity index (χ2n) is 1.82. The summed E-state index contributed by atoms with van der Waals surface area (Å²) in [5, 5.41) is 0. The zero-order valence-electron chi connectivity index (χ0n) is 5.03. The van der Waals surface area contributed by atoms with Crippen molar-refractivity contribution in [3.63, 3.8) is 0 Å². The van der Waals surface area contributed by atoms with Crippen LogP contribution >= 0.6 is 0 Å². The summed E-state index contributed by atoms with van der Waals surface area (Å²) in [6.45, 7) is 1.55. The molecule has 9 heavy (non-hydrogen) atoms. The van der Waals surface area contributed by atoms with E-state index in [1.807, 2.05) is 0 Å². The summed E-state index contributed by atoms with van der Waals surface area (Å²) in [7, 11) is -3.88. The van der Waals surface area contributed by atoms with E-state index in [0.29, 0.717) is 0 Å². The Morgan fingerprint density at radius 1 is 1.78 bits per heavy atom. The molecule has 0 aliphatic carbocycles. The first kappa shape index (κ1) is 8.47. The molecule has 0 radical (unpaired) electrons. The highest BCUT2D eigenvalue weighted by Gasteiger charge is 2.08. The van der Waals surface area contributed by atoms with Crippen LogP contribution in [-0.4, -0.2) is 18.7 Å². The summed E-state index contributed by atoms with van der Waals surface area (Å²) in [5.74, 6) is 1.41. The zero-order valence-corrected chi connectivity index (χ0v) is 5.85. The normalized spacial score (nSPS) is 14.3. The summed E-state index contributed by atoms with van der Waals surface area (Å²) in [6.07, 6.45) is 4.85. The fraction of sp³-hybridized carbons (Fsp3) is 0.600. The Labute approximate surface area is 54.8 Å². The van der Waals surface area contributed by atoms with Gasteiger partial charge in [0.25, 0.3) is 10.1 Å². The third kappa shape index (κ3) is 5.34. The van der Waals surface area contributed by atoms with Crippen LogP contribution in [0.25, 0.3) is 0 Å². The number of hydrogen-bond donors (Lipinski definition) is 1. The highest BCUT2D eigenvalue weighted by Crippen LogP contribution is 1.95. The van der Waals surface area contributed by atoms with E-state index >= 15 is 0 Å². The molecule has 1 atom stereocenters. The largest absolute Gasteiger partial charge is 0.286 e. The molecule has 0 fully saturated rings. The number of hydrogen-bond acceptors (Lipinski definition) is 2. The molecule has 0 saturated carbocycles. The summed E-state index contributed by atoms with van der Waals surface area (Å²) in [5.41, 5.74) is 0. The lowest BCUT2D eigenvalue weighted by Crippen LogP contribution is -2.10. The van der Waals surface area contributed by atoms with Gasteiger partial charge >= 0.3 is 0 Å². The molecule has 0 aromatic rings. The van der Waals surface area contributed by atoms with Gasteiger partial charge in [0.2, 0.25) is 0 Å². The van der Waals surface area contributed by atoms with Gasteiger partial charge in [-0.25, -0.2) is 0 Å². The van der Waals surface area contributed by atoms with Crippen molar-refractivity contribution >= 4 is 10.1 Å². The molecule has 0 aromatic carbocycles. The lowest BCUT2D eigenvalue weighted by atomic mass is 10.2. The Balaban J connectivity index is 3.94. The van der Waals surface area contributed by atoms with Crippen molar-refractivity contribution in [1.82, 2.24) is 0 Å². The maximum Gasteiger partial charge on any atom is 0.266 e. The van der Waals surface area contributed by atoms with Crippen LogP contribution in [0.3, 0.4) is 0 Å². The molecule has 4 heteroatoms. The molecular formula is C5H8O3S. The molecule has 0 spiro atoms. The Morgan fingerprint density at radius 2 is 2.22 bits per heavy atom. The summed E-state index contributed by atoms with van der Waals surface area (Å²) in [6, 6.07) is 0. The smallest absolute Gasteiger partial charge is 0.266 e. The van der Waals surface area contributed by atoms with Crippen molar-refractivity contribution in [3.05, 3.63) is 0 Å². The van der Waals surface area contributed by atoms with Gasteiger partial charge in [-0.2, -0.15) is 8.42 Å². The first-order valence-corrected chi connectivity index (χ1v) is 3.98. The van der Waals surface area contributed by atoms with Crippen LogP contribution < -0.4 is 0 Å². The Kier molecular flexibility index (Phi) is 2.68. The fourth-order valence-corrected chi connectivity index (χ4v) is 1.09. The van der Waals surface area contributed by atoms with Crippen LogP contribution in [0, 0.1) is 18.3 Å². The van der Waals surface area contributed by atoms with Crippen LogP contribution in [0.4, 0.5) is 0 Å². The van der Waals surface area contributed by atoms with Crippen molar-refractivity contribution in [1.29, 1.82) is 0 Å². The molecular weight excluding hydrogens is 140 g/mol. The van der Waals surface area contributed by atoms with Crippen LogP contribution in [-0.2, 0) is 10.1 Å². The molecule has 3 nitrogen and oxygen atoms in total. The first-order valence-electron chi connectivity index (χ1n) is 2.37. The monoisotopic (exact) mass is 148 g/mol. The molecule has 0 rings (SSSR count). The molecule has 0 amide bonds. The minimum atomic E-state index is -3.88. The predicted octanol–water partition coefficient (Wildman–Crippen LogP) is 0.144. The van der Waals surface area contributed by atoms with Gasteiger partial charge in [0.15, 0.2) is 0 Å². The minimum Gasteiger partial charge on any atom is -0.286 e. The quantitative estimate of drug-likeness (QED) is 0.447. The third-order valence-electron chi connectivity index (χ3n) is 0.745. The van der Waals surface area contributed by atoms with E-state index in [1.54, 1.807) is 6.92 Å². The predicted molar refractivity (Wildman–Crippen MR) is 34.4 cm³/mol. The Bertz CT molecular complexity index is 209. The van der Waals surface area contributed by atoms with Gasteiger partial charge in [-0.15, -0.1) is 12.3 Å². The summed E-state index contributed by atoms with van der Waals surface area (Å²) in [4.78, 5) is 0. The molecule has 1 unspecified atom stereocenters. The van der Waals surface area contributed by atoms with E-state index in [9.17, 15) is 8.42 Å². The highest BCUT2D eigenvalue weighted by molar-refractivity contribution is 7.85. The van der Waals surface area contributed by atoms with E-state index in [1.165, 1.54) is 0 Å². The van der Waals surface area contributed by atoms with Gasteiger partial charge in [-0.3, -0.25) is 4.55 Å². The SMILES string of the molecule is C#CC(C)CS(=O)(=O)O. The van der Waals surface area contributed by atoms with Gasteiger partial charge in [0, 0.05) is 5.92 Å². The molecule has 1 N–H and O–H groups in total. The summed E-state index contributed by atoms with van der Waals surface area (Å²) < 4.78 is 28.3. The van der Waals surface area contributed by atoms with Crippen LogP contribution in [0.1, 0.15) is 6.92 Å². The fourth-order valence-electron chi connectivity index (χ4n) is 0.364. The number of rotatable bonds is 2. The van der Waals surface area contributed by atoms with E-state index in [0.717, 1.165) is 0 Å². The molecule has 0 aromatic heterocycles. The van der Waals surface area contributed by atoms with Gasteiger partial charge in [0.1, 0.15) is 0 Å². The molecule has 0 heterocycles. The molecule has 0 aliphatic rings. The zero-order chi connectivity index (χ0) is 7.49. The maximum atomic E-state index is 10.1. The van der Waals surface area contributed by atoms with Crippen LogP contribution in [0.15, 0.2) is 0 Å². The van der Waals surface area contributed by atoms with Crippen molar-refractivity contribution in [2.24, 2.45) is 5.92 Å². The second kappa shape index (κ2) is 2.85. The van der Waals surface area contributed by atoms with E-state index in [-0.39, 0.29) is 5.75 Å². The average molecular weight is 148 g/mol. The lowest BCUT2D eigenvalue weighted by molar-refractivity contribution is 0.478. The van der Waals surface area contributed by atoms with E-state index < -0.39 is 16.0 Å². The molecule has 0 saturated heterocycles. The lowest BCUT2D eigenvalue weighted by Gasteiger charge is -1.97. The maximum absolute atomic E-state index is 10.1. The minimum absolute atomic E-state index is 0.358. The van der Waals surface area contributed by atoms with Crippen molar-refractivity contribution in [2.45, 2.75) is 6.92 Å². The Hall–Kier alpha value is -0.530. The van der Waals surface area contributed by atoms with Gasteiger partial charge in [-0.1, -0.05) is 6.92 Å². The Morgan fingerprint density at radius 3 is 2.33 bits per heavy atom. The van der Waals surface area contributed by atoms with E-state index in [4.69, 9.17) is 11.0 Å². The second-order valence-corrected chi connectivity index (χ2v) is 3.31. The van der Waals surface area contributed by atoms with E-state index in [2.05, 4.69) is 5.92 Å². The number of terminal acetylenes is 1. The highest BCUT2D eigenvalue weighted by atomic mass is 32.2. The van der Waals surface area contributed by atoms with Crippen LogP contribution in [0.2, 0.25) is 0 Å². The molecule has 0 bridgehead atoms.